The van der Waals surface area contributed by atoms with Crippen molar-refractivity contribution in [1.29, 1.82) is 0 Å². The van der Waals surface area contributed by atoms with Crippen LogP contribution in [-0.4, -0.2) is 32.1 Å². The Kier molecular flexibility index (Phi) is 5.98. The number of fused-ring (bicyclic) bond motifs is 1. The number of nitrogens with zero attached hydrogens (tertiary/aromatic N) is 1. The molecule has 9 heteroatoms. The highest BCUT2D eigenvalue weighted by molar-refractivity contribution is 7.92. The summed E-state index contributed by atoms with van der Waals surface area (Å²) in [5.41, 5.74) is 0.291. The zero-order valence-electron chi connectivity index (χ0n) is 19.6. The van der Waals surface area contributed by atoms with Crippen molar-refractivity contribution in [3.8, 4) is 16.9 Å². The van der Waals surface area contributed by atoms with Crippen LogP contribution in [0.5, 0.6) is 5.75 Å². The third-order valence-corrected chi connectivity index (χ3v) is 8.87. The molecule has 1 heterocycles. The molecular formula is C27H25F2NO5S. The highest BCUT2D eigenvalue weighted by atomic mass is 32.2. The van der Waals surface area contributed by atoms with E-state index in [1.807, 2.05) is 0 Å². The number of carboxylic acids is 1. The number of rotatable bonds is 6. The fourth-order valence-corrected chi connectivity index (χ4v) is 6.58. The molecule has 3 aromatic rings. The summed E-state index contributed by atoms with van der Waals surface area (Å²) in [5, 5.41) is 9.80. The van der Waals surface area contributed by atoms with E-state index in [1.54, 1.807) is 25.1 Å². The van der Waals surface area contributed by atoms with E-state index in [0.29, 0.717) is 18.4 Å². The molecule has 1 atom stereocenters. The largest absolute Gasteiger partial charge is 0.486 e. The van der Waals surface area contributed by atoms with Crippen molar-refractivity contribution in [1.82, 2.24) is 0 Å². The van der Waals surface area contributed by atoms with Gasteiger partial charge in [-0.3, -0.25) is 9.10 Å². The number of sulfonamides is 1. The van der Waals surface area contributed by atoms with Gasteiger partial charge in [-0.25, -0.2) is 17.2 Å². The molecule has 0 unspecified atom stereocenters. The Balaban J connectivity index is 1.60. The Labute approximate surface area is 208 Å². The van der Waals surface area contributed by atoms with Crippen LogP contribution in [0.15, 0.2) is 65.6 Å². The minimum absolute atomic E-state index is 0.00729. The molecule has 3 aromatic carbocycles. The van der Waals surface area contributed by atoms with E-state index in [9.17, 15) is 27.1 Å². The standard InChI is InChI=1S/C27H25F2NO5S/c1-17-4-2-5-21(12-17)36(33,34)30-16-20(15-27(26(31)32)10-3-11-27)35-25-9-6-18(13-24(25)30)22-14-19(28)7-8-23(22)29/h2,4-9,12-14,20H,3,10-11,15-16H2,1H3,(H,31,32)/t20-/m1/s1. The van der Waals surface area contributed by atoms with Crippen LogP contribution in [-0.2, 0) is 14.8 Å². The van der Waals surface area contributed by atoms with Gasteiger partial charge in [0, 0.05) is 12.0 Å². The normalized spacial score (nSPS) is 18.6. The second kappa shape index (κ2) is 8.89. The third-order valence-electron chi connectivity index (χ3n) is 7.09. The average molecular weight is 514 g/mol. The minimum Gasteiger partial charge on any atom is -0.486 e. The van der Waals surface area contributed by atoms with Crippen LogP contribution in [0.3, 0.4) is 0 Å². The Morgan fingerprint density at radius 2 is 1.89 bits per heavy atom. The van der Waals surface area contributed by atoms with Gasteiger partial charge < -0.3 is 9.84 Å². The molecule has 0 bridgehead atoms. The molecule has 1 fully saturated rings. The van der Waals surface area contributed by atoms with E-state index in [-0.39, 0.29) is 34.9 Å². The molecule has 36 heavy (non-hydrogen) atoms. The number of aliphatic carboxylic acids is 1. The number of halogens is 2. The summed E-state index contributed by atoms with van der Waals surface area (Å²) < 4.78 is 63.3. The van der Waals surface area contributed by atoms with E-state index in [4.69, 9.17) is 4.74 Å². The summed E-state index contributed by atoms with van der Waals surface area (Å²) in [6.07, 6.45) is 1.30. The predicted molar refractivity (Wildman–Crippen MR) is 130 cm³/mol. The lowest BCUT2D eigenvalue weighted by Crippen LogP contribution is -2.49. The van der Waals surface area contributed by atoms with Gasteiger partial charge in [0.05, 0.1) is 22.5 Å². The molecule has 0 radical (unpaired) electrons. The fourth-order valence-electron chi connectivity index (χ4n) is 4.98. The van der Waals surface area contributed by atoms with E-state index in [0.717, 1.165) is 30.2 Å². The van der Waals surface area contributed by atoms with E-state index < -0.39 is 39.1 Å². The Morgan fingerprint density at radius 1 is 1.11 bits per heavy atom. The summed E-state index contributed by atoms with van der Waals surface area (Å²) >= 11 is 0. The lowest BCUT2D eigenvalue weighted by Gasteiger charge is -2.43. The topological polar surface area (TPSA) is 83.9 Å². The van der Waals surface area contributed by atoms with Crippen molar-refractivity contribution in [2.24, 2.45) is 5.41 Å². The van der Waals surface area contributed by atoms with Crippen LogP contribution in [0.1, 0.15) is 31.2 Å². The van der Waals surface area contributed by atoms with Crippen molar-refractivity contribution in [3.63, 3.8) is 0 Å². The maximum absolute atomic E-state index is 14.5. The number of benzene rings is 3. The van der Waals surface area contributed by atoms with Gasteiger partial charge in [-0.05, 0) is 73.4 Å². The maximum Gasteiger partial charge on any atom is 0.309 e. The molecule has 0 saturated heterocycles. The molecule has 0 aromatic heterocycles. The second-order valence-corrected chi connectivity index (χ2v) is 11.4. The molecule has 2 aliphatic rings. The average Bonchev–Trinajstić information content (AvgIpc) is 2.82. The minimum atomic E-state index is -4.07. The first kappa shape index (κ1) is 24.2. The monoisotopic (exact) mass is 513 g/mol. The van der Waals surface area contributed by atoms with Crippen molar-refractivity contribution in [2.45, 2.75) is 43.6 Å². The first-order chi connectivity index (χ1) is 17.1. The van der Waals surface area contributed by atoms with Gasteiger partial charge in [0.1, 0.15) is 23.5 Å². The van der Waals surface area contributed by atoms with Gasteiger partial charge >= 0.3 is 5.97 Å². The van der Waals surface area contributed by atoms with E-state index >= 15 is 0 Å². The Hall–Kier alpha value is -3.46. The van der Waals surface area contributed by atoms with Crippen LogP contribution in [0, 0.1) is 24.0 Å². The van der Waals surface area contributed by atoms with Gasteiger partial charge in [0.15, 0.2) is 0 Å². The number of carbonyl (C=O) groups is 1. The van der Waals surface area contributed by atoms with Crippen molar-refractivity contribution in [3.05, 3.63) is 77.9 Å². The Morgan fingerprint density at radius 3 is 2.56 bits per heavy atom. The summed E-state index contributed by atoms with van der Waals surface area (Å²) in [4.78, 5) is 12.0. The number of anilines is 1. The number of hydrogen-bond acceptors (Lipinski definition) is 4. The molecule has 1 saturated carbocycles. The Bertz CT molecular complexity index is 1450. The molecule has 6 nitrogen and oxygen atoms in total. The number of carboxylic acid groups (broad SMARTS) is 1. The first-order valence-electron chi connectivity index (χ1n) is 11.7. The molecule has 188 valence electrons. The quantitative estimate of drug-likeness (QED) is 0.468. The molecule has 1 aliphatic heterocycles. The zero-order valence-corrected chi connectivity index (χ0v) is 20.4. The summed E-state index contributed by atoms with van der Waals surface area (Å²) in [6.45, 7) is 1.68. The molecule has 1 aliphatic carbocycles. The van der Waals surface area contributed by atoms with Crippen LogP contribution < -0.4 is 9.04 Å². The van der Waals surface area contributed by atoms with Gasteiger partial charge in [-0.15, -0.1) is 0 Å². The molecular weight excluding hydrogens is 488 g/mol. The molecule has 0 amide bonds. The fraction of sp³-hybridized carbons (Fsp3) is 0.296. The SMILES string of the molecule is Cc1cccc(S(=O)(=O)N2C[C@@H](CC3(C(=O)O)CCC3)Oc3ccc(-c4cc(F)ccc4F)cc32)c1. The number of ether oxygens (including phenoxy) is 1. The lowest BCUT2D eigenvalue weighted by molar-refractivity contribution is -0.156. The smallest absolute Gasteiger partial charge is 0.309 e. The highest BCUT2D eigenvalue weighted by Crippen LogP contribution is 2.48. The predicted octanol–water partition coefficient (Wildman–Crippen LogP) is 5.54. The maximum atomic E-state index is 14.5. The van der Waals surface area contributed by atoms with Crippen LogP contribution in [0.2, 0.25) is 0 Å². The van der Waals surface area contributed by atoms with E-state index in [1.165, 1.54) is 28.6 Å². The van der Waals surface area contributed by atoms with Crippen LogP contribution >= 0.6 is 0 Å². The molecule has 5 rings (SSSR count). The molecule has 0 spiro atoms. The third kappa shape index (κ3) is 4.21. The van der Waals surface area contributed by atoms with Gasteiger partial charge in [-0.2, -0.15) is 0 Å². The zero-order chi connectivity index (χ0) is 25.7. The summed E-state index contributed by atoms with van der Waals surface area (Å²) in [5.74, 6) is -1.94. The summed E-state index contributed by atoms with van der Waals surface area (Å²) in [6, 6.07) is 14.1. The van der Waals surface area contributed by atoms with E-state index in [2.05, 4.69) is 0 Å². The van der Waals surface area contributed by atoms with Crippen LogP contribution in [0.25, 0.3) is 11.1 Å². The van der Waals surface area contributed by atoms with Crippen molar-refractivity contribution >= 4 is 21.7 Å². The summed E-state index contributed by atoms with van der Waals surface area (Å²) in [7, 11) is -4.07. The molecule has 1 N–H and O–H groups in total. The van der Waals surface area contributed by atoms with Crippen molar-refractivity contribution < 1.29 is 31.8 Å². The second-order valence-electron chi connectivity index (χ2n) is 9.54. The van der Waals surface area contributed by atoms with Gasteiger partial charge in [0.25, 0.3) is 10.0 Å². The highest BCUT2D eigenvalue weighted by Gasteiger charge is 2.48. The first-order valence-corrected chi connectivity index (χ1v) is 13.1. The number of aryl methyl sites for hydroxylation is 1. The number of hydrogen-bond donors (Lipinski definition) is 1. The van der Waals surface area contributed by atoms with Gasteiger partial charge in [-0.1, -0.05) is 24.6 Å². The lowest BCUT2D eigenvalue weighted by atomic mass is 9.65. The van der Waals surface area contributed by atoms with Crippen LogP contribution in [0.4, 0.5) is 14.5 Å². The van der Waals surface area contributed by atoms with Crippen molar-refractivity contribution in [2.75, 3.05) is 10.8 Å². The van der Waals surface area contributed by atoms with Gasteiger partial charge in [0.2, 0.25) is 0 Å².